The van der Waals surface area contributed by atoms with Gasteiger partial charge in [0.25, 0.3) is 0 Å². The predicted molar refractivity (Wildman–Crippen MR) is 75.1 cm³/mol. The van der Waals surface area contributed by atoms with Gasteiger partial charge in [0.1, 0.15) is 11.5 Å². The standard InChI is InChI=1S/C16H8F10O2/c17-13(18,19)15(23,24)27-11-7-3-1-5-9(11)10-6-2-4-8-12(10)28-16(25,26)14(20,21)22/h1-8H. The fraction of sp³-hybridized carbons (Fsp3) is 0.250. The molecule has 0 amide bonds. The minimum atomic E-state index is -6.10. The molecule has 0 unspecified atom stereocenters. The molecule has 0 N–H and O–H groups in total. The Bertz CT molecular complexity index is 757. The summed E-state index contributed by atoms with van der Waals surface area (Å²) in [5.74, 6) is -2.23. The maximum absolute atomic E-state index is 13.2. The van der Waals surface area contributed by atoms with E-state index in [2.05, 4.69) is 9.47 Å². The van der Waals surface area contributed by atoms with Crippen LogP contribution in [0.3, 0.4) is 0 Å². The summed E-state index contributed by atoms with van der Waals surface area (Å²) in [4.78, 5) is 0. The minimum Gasteiger partial charge on any atom is -0.425 e. The van der Waals surface area contributed by atoms with E-state index >= 15 is 0 Å². The van der Waals surface area contributed by atoms with Gasteiger partial charge in [0.2, 0.25) is 0 Å². The molecule has 0 spiro atoms. The molecule has 2 aromatic carbocycles. The molecular formula is C16H8F10O2. The van der Waals surface area contributed by atoms with Crippen molar-refractivity contribution in [3.05, 3.63) is 48.5 Å². The average Bonchev–Trinajstić information content (AvgIpc) is 2.53. The van der Waals surface area contributed by atoms with Gasteiger partial charge in [0, 0.05) is 11.1 Å². The number of ether oxygens (including phenoxy) is 2. The van der Waals surface area contributed by atoms with Gasteiger partial charge in [-0.1, -0.05) is 36.4 Å². The van der Waals surface area contributed by atoms with Crippen molar-refractivity contribution in [3.63, 3.8) is 0 Å². The molecule has 0 aromatic heterocycles. The lowest BCUT2D eigenvalue weighted by Gasteiger charge is -2.24. The molecule has 154 valence electrons. The first-order valence-corrected chi connectivity index (χ1v) is 7.11. The van der Waals surface area contributed by atoms with Crippen LogP contribution in [0, 0.1) is 0 Å². The molecule has 0 saturated carbocycles. The zero-order chi connectivity index (χ0) is 21.4. The third kappa shape index (κ3) is 4.42. The van der Waals surface area contributed by atoms with Gasteiger partial charge in [0.05, 0.1) is 0 Å². The maximum Gasteiger partial charge on any atom is 0.499 e. The summed E-state index contributed by atoms with van der Waals surface area (Å²) in [5.41, 5.74) is -1.25. The molecule has 0 fully saturated rings. The second-order valence-electron chi connectivity index (χ2n) is 5.23. The van der Waals surface area contributed by atoms with Crippen LogP contribution in [0.5, 0.6) is 11.5 Å². The Kier molecular flexibility index (Phi) is 5.46. The Hall–Kier alpha value is -2.66. The second-order valence-corrected chi connectivity index (χ2v) is 5.23. The van der Waals surface area contributed by atoms with Gasteiger partial charge in [-0.2, -0.15) is 43.9 Å². The lowest BCUT2D eigenvalue weighted by Crippen LogP contribution is -2.42. The van der Waals surface area contributed by atoms with Gasteiger partial charge < -0.3 is 9.47 Å². The molecule has 0 atom stereocenters. The molecule has 0 aliphatic carbocycles. The quantitative estimate of drug-likeness (QED) is 0.518. The first-order chi connectivity index (χ1) is 12.7. The Balaban J connectivity index is 2.51. The van der Waals surface area contributed by atoms with Crippen molar-refractivity contribution in [2.45, 2.75) is 24.6 Å². The van der Waals surface area contributed by atoms with E-state index in [0.29, 0.717) is 12.1 Å². The number of halogens is 10. The van der Waals surface area contributed by atoms with Crippen molar-refractivity contribution in [3.8, 4) is 22.6 Å². The van der Waals surface area contributed by atoms with E-state index in [1.54, 1.807) is 0 Å². The summed E-state index contributed by atoms with van der Waals surface area (Å²) in [6.45, 7) is 0. The highest BCUT2D eigenvalue weighted by atomic mass is 19.4. The monoisotopic (exact) mass is 422 g/mol. The van der Waals surface area contributed by atoms with Crippen LogP contribution in [0.4, 0.5) is 43.9 Å². The number of benzene rings is 2. The molecule has 0 bridgehead atoms. The van der Waals surface area contributed by atoms with E-state index < -0.39 is 47.2 Å². The van der Waals surface area contributed by atoms with Crippen molar-refractivity contribution < 1.29 is 53.4 Å². The Morgan fingerprint density at radius 1 is 0.464 bits per heavy atom. The second kappa shape index (κ2) is 7.06. The predicted octanol–water partition coefficient (Wildman–Crippen LogP) is 6.42. The largest absolute Gasteiger partial charge is 0.499 e. The molecule has 2 nitrogen and oxygen atoms in total. The Morgan fingerprint density at radius 2 is 0.750 bits per heavy atom. The van der Waals surface area contributed by atoms with Crippen molar-refractivity contribution in [1.29, 1.82) is 0 Å². The van der Waals surface area contributed by atoms with Gasteiger partial charge in [-0.25, -0.2) is 0 Å². The van der Waals surface area contributed by atoms with Crippen LogP contribution in [0.1, 0.15) is 0 Å². The molecule has 28 heavy (non-hydrogen) atoms. The summed E-state index contributed by atoms with van der Waals surface area (Å²) in [6.07, 6.45) is -23.5. The molecular weight excluding hydrogens is 414 g/mol. The van der Waals surface area contributed by atoms with Crippen LogP contribution in [0.2, 0.25) is 0 Å². The highest BCUT2D eigenvalue weighted by molar-refractivity contribution is 5.75. The molecule has 2 rings (SSSR count). The molecule has 0 heterocycles. The number of alkyl halides is 10. The van der Waals surface area contributed by atoms with E-state index in [0.717, 1.165) is 36.4 Å². The molecule has 2 aromatic rings. The van der Waals surface area contributed by atoms with Crippen molar-refractivity contribution in [1.82, 2.24) is 0 Å². The van der Waals surface area contributed by atoms with Crippen LogP contribution in [0.15, 0.2) is 48.5 Å². The van der Waals surface area contributed by atoms with Crippen LogP contribution < -0.4 is 9.47 Å². The maximum atomic E-state index is 13.2. The third-order valence-corrected chi connectivity index (χ3v) is 3.20. The van der Waals surface area contributed by atoms with Crippen molar-refractivity contribution in [2.24, 2.45) is 0 Å². The fourth-order valence-electron chi connectivity index (χ4n) is 1.95. The normalized spacial score (nSPS) is 13.4. The number of hydrogen-bond donors (Lipinski definition) is 0. The molecule has 0 radical (unpaired) electrons. The Morgan fingerprint density at radius 3 is 1.04 bits per heavy atom. The first kappa shape index (κ1) is 21.6. The van der Waals surface area contributed by atoms with E-state index in [9.17, 15) is 43.9 Å². The average molecular weight is 422 g/mol. The summed E-state index contributed by atoms with van der Waals surface area (Å²) in [5, 5.41) is 0. The van der Waals surface area contributed by atoms with Crippen LogP contribution in [-0.2, 0) is 0 Å². The van der Waals surface area contributed by atoms with Gasteiger partial charge in [-0.15, -0.1) is 0 Å². The van der Waals surface area contributed by atoms with Crippen LogP contribution in [0.25, 0.3) is 11.1 Å². The van der Waals surface area contributed by atoms with E-state index in [1.807, 2.05) is 0 Å². The highest BCUT2D eigenvalue weighted by Gasteiger charge is 2.62. The lowest BCUT2D eigenvalue weighted by atomic mass is 10.0. The van der Waals surface area contributed by atoms with Crippen LogP contribution in [-0.4, -0.2) is 24.6 Å². The lowest BCUT2D eigenvalue weighted by molar-refractivity contribution is -0.360. The SMILES string of the molecule is FC(F)(F)C(F)(F)Oc1ccccc1-c1ccccc1OC(F)(F)C(F)(F)F. The third-order valence-electron chi connectivity index (χ3n) is 3.20. The fourth-order valence-corrected chi connectivity index (χ4v) is 1.95. The van der Waals surface area contributed by atoms with Gasteiger partial charge in [-0.3, -0.25) is 0 Å². The number of para-hydroxylation sites is 2. The number of hydrogen-bond acceptors (Lipinski definition) is 2. The smallest absolute Gasteiger partial charge is 0.425 e. The topological polar surface area (TPSA) is 18.5 Å². The molecule has 0 aliphatic heterocycles. The summed E-state index contributed by atoms with van der Waals surface area (Å²) < 4.78 is 134. The van der Waals surface area contributed by atoms with Gasteiger partial charge in [0.15, 0.2) is 0 Å². The van der Waals surface area contributed by atoms with Gasteiger partial charge >= 0.3 is 24.6 Å². The van der Waals surface area contributed by atoms with Crippen molar-refractivity contribution in [2.75, 3.05) is 0 Å². The first-order valence-electron chi connectivity index (χ1n) is 7.11. The highest BCUT2D eigenvalue weighted by Crippen LogP contribution is 2.44. The van der Waals surface area contributed by atoms with E-state index in [4.69, 9.17) is 0 Å². The summed E-state index contributed by atoms with van der Waals surface area (Å²) >= 11 is 0. The molecule has 0 saturated heterocycles. The minimum absolute atomic E-state index is 0.625. The van der Waals surface area contributed by atoms with E-state index in [-0.39, 0.29) is 0 Å². The number of rotatable bonds is 5. The zero-order valence-electron chi connectivity index (χ0n) is 13.2. The van der Waals surface area contributed by atoms with E-state index in [1.165, 1.54) is 0 Å². The Labute approximate surface area is 150 Å². The summed E-state index contributed by atoms with van der Waals surface area (Å²) in [6, 6.07) is 7.32. The zero-order valence-corrected chi connectivity index (χ0v) is 13.2. The molecule has 0 aliphatic rings. The van der Waals surface area contributed by atoms with Gasteiger partial charge in [-0.05, 0) is 12.1 Å². The van der Waals surface area contributed by atoms with Crippen molar-refractivity contribution >= 4 is 0 Å². The summed E-state index contributed by atoms with van der Waals surface area (Å²) in [7, 11) is 0. The van der Waals surface area contributed by atoms with Crippen LogP contribution >= 0.6 is 0 Å². The molecule has 12 heteroatoms.